The lowest BCUT2D eigenvalue weighted by atomic mass is 10.4. The van der Waals surface area contributed by atoms with Gasteiger partial charge in [-0.3, -0.25) is 9.88 Å². The number of amides is 1. The van der Waals surface area contributed by atoms with Crippen LogP contribution in [0.25, 0.3) is 0 Å². The van der Waals surface area contributed by atoms with Gasteiger partial charge in [-0.15, -0.1) is 22.7 Å². The van der Waals surface area contributed by atoms with Crippen LogP contribution in [0.15, 0.2) is 59.6 Å². The Kier molecular flexibility index (Phi) is 6.42. The number of thiophene rings is 2. The number of carbonyl (C=O) groups excluding carboxylic acids is 1. The van der Waals surface area contributed by atoms with Gasteiger partial charge in [0.15, 0.2) is 0 Å². The number of nitrogens with zero attached hydrogens (tertiary/aromatic N) is 2. The average Bonchev–Trinajstić information content (AvgIpc) is 3.33. The first-order valence-electron chi connectivity index (χ1n) is 7.80. The van der Waals surface area contributed by atoms with E-state index in [0.29, 0.717) is 25.4 Å². The van der Waals surface area contributed by atoms with Gasteiger partial charge in [-0.1, -0.05) is 12.1 Å². The predicted octanol–water partition coefficient (Wildman–Crippen LogP) is 4.42. The minimum atomic E-state index is -0.336. The summed E-state index contributed by atoms with van der Waals surface area (Å²) in [7, 11) is 0. The van der Waals surface area contributed by atoms with Crippen LogP contribution < -0.4 is 4.74 Å². The molecule has 0 fully saturated rings. The molecular weight excluding hydrogens is 356 g/mol. The number of pyridine rings is 1. The van der Waals surface area contributed by atoms with Crippen molar-refractivity contribution in [1.82, 2.24) is 9.88 Å². The Morgan fingerprint density at radius 1 is 1.00 bits per heavy atom. The highest BCUT2D eigenvalue weighted by atomic mass is 32.1. The van der Waals surface area contributed by atoms with Crippen molar-refractivity contribution in [3.05, 3.63) is 69.3 Å². The zero-order chi connectivity index (χ0) is 17.3. The molecule has 0 saturated carbocycles. The lowest BCUT2D eigenvalue weighted by molar-refractivity contribution is 0.0842. The van der Waals surface area contributed by atoms with Gasteiger partial charge in [0.1, 0.15) is 19.0 Å². The van der Waals surface area contributed by atoms with Crippen molar-refractivity contribution in [3.8, 4) is 5.75 Å². The van der Waals surface area contributed by atoms with Crippen LogP contribution >= 0.6 is 22.7 Å². The van der Waals surface area contributed by atoms with Crippen molar-refractivity contribution in [2.75, 3.05) is 13.2 Å². The van der Waals surface area contributed by atoms with E-state index in [9.17, 15) is 4.79 Å². The topological polar surface area (TPSA) is 51.7 Å². The molecule has 3 rings (SSSR count). The second-order valence-corrected chi connectivity index (χ2v) is 7.23. The number of carbonyl (C=O) groups is 1. The molecule has 0 saturated heterocycles. The maximum Gasteiger partial charge on any atom is 0.410 e. The van der Waals surface area contributed by atoms with E-state index in [1.54, 1.807) is 46.0 Å². The van der Waals surface area contributed by atoms with Gasteiger partial charge in [-0.25, -0.2) is 4.79 Å². The van der Waals surface area contributed by atoms with Crippen LogP contribution in [0.5, 0.6) is 5.75 Å². The lowest BCUT2D eigenvalue weighted by Crippen LogP contribution is -2.31. The maximum absolute atomic E-state index is 12.5. The second-order valence-electron chi connectivity index (χ2n) is 5.17. The van der Waals surface area contributed by atoms with Crippen molar-refractivity contribution >= 4 is 28.8 Å². The van der Waals surface area contributed by atoms with Crippen LogP contribution in [0.2, 0.25) is 0 Å². The molecule has 0 unspecified atom stereocenters. The van der Waals surface area contributed by atoms with Gasteiger partial charge >= 0.3 is 6.09 Å². The van der Waals surface area contributed by atoms with Crippen LogP contribution in [0, 0.1) is 0 Å². The molecule has 3 aromatic rings. The molecule has 0 aromatic carbocycles. The van der Waals surface area contributed by atoms with E-state index < -0.39 is 0 Å². The summed E-state index contributed by atoms with van der Waals surface area (Å²) in [5.41, 5.74) is 0. The molecule has 0 aliphatic carbocycles. The SMILES string of the molecule is O=C(OCCOc1cccnc1)N(Cc1cccs1)Cc1cccs1. The first-order valence-corrected chi connectivity index (χ1v) is 9.56. The molecule has 3 heterocycles. The number of rotatable bonds is 8. The highest BCUT2D eigenvalue weighted by Gasteiger charge is 2.17. The first-order chi connectivity index (χ1) is 12.3. The van der Waals surface area contributed by atoms with E-state index >= 15 is 0 Å². The fraction of sp³-hybridized carbons (Fsp3) is 0.222. The summed E-state index contributed by atoms with van der Waals surface area (Å²) in [5.74, 6) is 0.660. The van der Waals surface area contributed by atoms with E-state index in [2.05, 4.69) is 4.98 Å². The van der Waals surface area contributed by atoms with E-state index in [4.69, 9.17) is 9.47 Å². The largest absolute Gasteiger partial charge is 0.488 e. The van der Waals surface area contributed by atoms with E-state index in [1.807, 2.05) is 41.1 Å². The van der Waals surface area contributed by atoms with Gasteiger partial charge in [-0.2, -0.15) is 0 Å². The highest BCUT2D eigenvalue weighted by Crippen LogP contribution is 2.18. The summed E-state index contributed by atoms with van der Waals surface area (Å²) in [6, 6.07) is 11.6. The smallest absolute Gasteiger partial charge is 0.410 e. The van der Waals surface area contributed by atoms with Gasteiger partial charge in [0.2, 0.25) is 0 Å². The molecule has 25 heavy (non-hydrogen) atoms. The molecule has 0 N–H and O–H groups in total. The van der Waals surface area contributed by atoms with E-state index in [0.717, 1.165) is 9.75 Å². The molecule has 0 aliphatic heterocycles. The van der Waals surface area contributed by atoms with Crippen LogP contribution in [0.3, 0.4) is 0 Å². The molecule has 3 aromatic heterocycles. The Bertz CT molecular complexity index is 710. The highest BCUT2D eigenvalue weighted by molar-refractivity contribution is 7.10. The van der Waals surface area contributed by atoms with Crippen molar-refractivity contribution in [2.45, 2.75) is 13.1 Å². The minimum absolute atomic E-state index is 0.194. The van der Waals surface area contributed by atoms with Crippen molar-refractivity contribution in [2.24, 2.45) is 0 Å². The summed E-state index contributed by atoms with van der Waals surface area (Å²) in [6.45, 7) is 1.57. The molecule has 130 valence electrons. The summed E-state index contributed by atoms with van der Waals surface area (Å²) in [6.07, 6.45) is 2.97. The molecule has 0 radical (unpaired) electrons. The maximum atomic E-state index is 12.5. The quantitative estimate of drug-likeness (QED) is 0.548. The molecule has 1 amide bonds. The Hall–Kier alpha value is -2.38. The second kappa shape index (κ2) is 9.19. The molecule has 0 aliphatic rings. The van der Waals surface area contributed by atoms with Gasteiger partial charge in [-0.05, 0) is 35.0 Å². The monoisotopic (exact) mass is 374 g/mol. The van der Waals surface area contributed by atoms with Gasteiger partial charge in [0, 0.05) is 16.0 Å². The Morgan fingerprint density at radius 3 is 2.28 bits per heavy atom. The summed E-state index contributed by atoms with van der Waals surface area (Å²) in [5, 5.41) is 4.01. The molecule has 5 nitrogen and oxygen atoms in total. The van der Waals surface area contributed by atoms with Crippen molar-refractivity contribution < 1.29 is 14.3 Å². The summed E-state index contributed by atoms with van der Waals surface area (Å²) >= 11 is 3.26. The van der Waals surface area contributed by atoms with Crippen LogP contribution in [0.4, 0.5) is 4.79 Å². The third kappa shape index (κ3) is 5.58. The zero-order valence-corrected chi connectivity index (χ0v) is 15.2. The van der Waals surface area contributed by atoms with Crippen LogP contribution in [-0.4, -0.2) is 29.2 Å². The molecule has 0 atom stereocenters. The average molecular weight is 374 g/mol. The Morgan fingerprint density at radius 2 is 1.72 bits per heavy atom. The Balaban J connectivity index is 1.51. The van der Waals surface area contributed by atoms with Crippen molar-refractivity contribution in [3.63, 3.8) is 0 Å². The lowest BCUT2D eigenvalue weighted by Gasteiger charge is -2.21. The van der Waals surface area contributed by atoms with Crippen molar-refractivity contribution in [1.29, 1.82) is 0 Å². The van der Waals surface area contributed by atoms with Gasteiger partial charge in [0.25, 0.3) is 0 Å². The molecule has 0 spiro atoms. The zero-order valence-electron chi connectivity index (χ0n) is 13.5. The summed E-state index contributed by atoms with van der Waals surface area (Å²) in [4.78, 5) is 20.4. The third-order valence-corrected chi connectivity index (χ3v) is 5.05. The number of hydrogen-bond acceptors (Lipinski definition) is 6. The molecule has 0 bridgehead atoms. The van der Waals surface area contributed by atoms with Gasteiger partial charge in [0.05, 0.1) is 19.3 Å². The van der Waals surface area contributed by atoms with E-state index in [-0.39, 0.29) is 12.7 Å². The Labute approximate surface area is 154 Å². The number of ether oxygens (including phenoxy) is 2. The number of aromatic nitrogens is 1. The normalized spacial score (nSPS) is 10.4. The minimum Gasteiger partial charge on any atom is -0.488 e. The van der Waals surface area contributed by atoms with Crippen LogP contribution in [-0.2, 0) is 17.8 Å². The summed E-state index contributed by atoms with van der Waals surface area (Å²) < 4.78 is 10.9. The first kappa shape index (κ1) is 17.4. The third-order valence-electron chi connectivity index (χ3n) is 3.32. The van der Waals surface area contributed by atoms with E-state index in [1.165, 1.54) is 0 Å². The standard InChI is InChI=1S/C18H18N2O3S2/c21-18(23-9-8-22-15-4-1-7-19-12-15)20(13-16-5-2-10-24-16)14-17-6-3-11-25-17/h1-7,10-12H,8-9,13-14H2. The fourth-order valence-corrected chi connectivity index (χ4v) is 3.62. The van der Waals surface area contributed by atoms with Gasteiger partial charge < -0.3 is 9.47 Å². The van der Waals surface area contributed by atoms with Crippen LogP contribution in [0.1, 0.15) is 9.75 Å². The molecular formula is C18H18N2O3S2. The molecule has 7 heteroatoms. The fourth-order valence-electron chi connectivity index (χ4n) is 2.18. The number of hydrogen-bond donors (Lipinski definition) is 0. The predicted molar refractivity (Wildman–Crippen MR) is 99.0 cm³/mol.